The number of fused-ring (bicyclic) bond motifs is 2. The number of hydrogen-bond acceptors (Lipinski definition) is 7. The second-order valence-electron chi connectivity index (χ2n) is 13.3. The van der Waals surface area contributed by atoms with E-state index in [4.69, 9.17) is 15.2 Å². The summed E-state index contributed by atoms with van der Waals surface area (Å²) in [6, 6.07) is 0. The molecule has 4 aliphatic carbocycles. The minimum atomic E-state index is -0.540. The fourth-order valence-corrected chi connectivity index (χ4v) is 6.72. The van der Waals surface area contributed by atoms with Crippen LogP contribution in [0.5, 0.6) is 0 Å². The van der Waals surface area contributed by atoms with Crippen LogP contribution in [0.4, 0.5) is 0 Å². The number of esters is 2. The summed E-state index contributed by atoms with van der Waals surface area (Å²) in [5.41, 5.74) is 4.40. The summed E-state index contributed by atoms with van der Waals surface area (Å²) in [4.78, 5) is 34.5. The van der Waals surface area contributed by atoms with Gasteiger partial charge in [-0.2, -0.15) is 0 Å². The van der Waals surface area contributed by atoms with Crippen molar-refractivity contribution in [2.24, 2.45) is 40.2 Å². The molecule has 2 fully saturated rings. The molecule has 202 valence electrons. The minimum Gasteiger partial charge on any atom is -0.460 e. The molecule has 0 saturated heterocycles. The number of hydrogen-bond donors (Lipinski definition) is 1. The van der Waals surface area contributed by atoms with E-state index in [0.29, 0.717) is 24.8 Å². The van der Waals surface area contributed by atoms with E-state index in [-0.39, 0.29) is 41.2 Å². The molecule has 0 amide bonds. The van der Waals surface area contributed by atoms with Gasteiger partial charge in [0.15, 0.2) is 0 Å². The molecule has 36 heavy (non-hydrogen) atoms. The van der Waals surface area contributed by atoms with Crippen LogP contribution in [-0.2, 0) is 19.1 Å². The van der Waals surface area contributed by atoms with Crippen LogP contribution >= 0.6 is 0 Å². The van der Waals surface area contributed by atoms with E-state index in [9.17, 15) is 19.7 Å². The number of allylic oxidation sites excluding steroid dienone is 4. The Balaban J connectivity index is 0.000000202. The first-order valence-electron chi connectivity index (χ1n) is 13.2. The molecule has 0 radical (unpaired) electrons. The van der Waals surface area contributed by atoms with Gasteiger partial charge in [-0.3, -0.25) is 19.7 Å². The number of nitrogens with two attached hydrogens (primary N) is 1. The van der Waals surface area contributed by atoms with Crippen LogP contribution in [0, 0.1) is 44.6 Å². The number of nitro groups is 1. The lowest BCUT2D eigenvalue weighted by atomic mass is 9.53. The van der Waals surface area contributed by atoms with Crippen molar-refractivity contribution in [3.63, 3.8) is 0 Å². The molecule has 0 aromatic carbocycles. The Hall–Kier alpha value is -2.22. The van der Waals surface area contributed by atoms with Crippen molar-refractivity contribution < 1.29 is 24.0 Å². The van der Waals surface area contributed by atoms with E-state index in [2.05, 4.69) is 18.2 Å². The molecule has 6 unspecified atom stereocenters. The second-order valence-corrected chi connectivity index (χ2v) is 13.3. The predicted molar refractivity (Wildman–Crippen MR) is 137 cm³/mol. The largest absolute Gasteiger partial charge is 0.460 e. The lowest BCUT2D eigenvalue weighted by molar-refractivity contribution is -0.506. The van der Waals surface area contributed by atoms with Crippen LogP contribution in [0.15, 0.2) is 24.3 Å². The maximum atomic E-state index is 12.0. The fraction of sp³-hybridized carbons (Fsp3) is 0.786. The highest BCUT2D eigenvalue weighted by Gasteiger charge is 2.58. The molecular weight excluding hydrogens is 460 g/mol. The molecule has 0 aromatic rings. The van der Waals surface area contributed by atoms with Gasteiger partial charge in [0, 0.05) is 4.92 Å². The van der Waals surface area contributed by atoms with Crippen LogP contribution < -0.4 is 5.73 Å². The molecule has 2 N–H and O–H groups in total. The summed E-state index contributed by atoms with van der Waals surface area (Å²) in [6.45, 7) is 11.6. The Morgan fingerprint density at radius 1 is 0.889 bits per heavy atom. The number of carbonyl (C=O) groups is 2. The van der Waals surface area contributed by atoms with Crippen molar-refractivity contribution >= 4 is 11.9 Å². The average Bonchev–Trinajstić information content (AvgIpc) is 3.26. The first-order valence-corrected chi connectivity index (χ1v) is 13.2. The standard InChI is InChI=1S/C14H21NO4.C14H23NO2/c1-13(2,3)19-12(16)8-14(9-15(17)18)7-10-5-4-6-11(10)14;1-13(2,3)17-12(16)8-14(9-15)7-10-5-4-6-11(10)14/h4,6,10-11H,5,7-9H2,1-3H3;4,6,10-11H,5,7-9,15H2,1-3H3. The van der Waals surface area contributed by atoms with E-state index in [1.807, 2.05) is 47.6 Å². The smallest absolute Gasteiger partial charge is 0.307 e. The lowest BCUT2D eigenvalue weighted by Crippen LogP contribution is -2.51. The highest BCUT2D eigenvalue weighted by molar-refractivity contribution is 5.71. The zero-order chi connectivity index (χ0) is 26.9. The zero-order valence-electron chi connectivity index (χ0n) is 22.7. The van der Waals surface area contributed by atoms with E-state index < -0.39 is 16.6 Å². The Morgan fingerprint density at radius 3 is 1.69 bits per heavy atom. The minimum absolute atomic E-state index is 0.0278. The van der Waals surface area contributed by atoms with Gasteiger partial charge >= 0.3 is 11.9 Å². The number of ether oxygens (including phenoxy) is 2. The quantitative estimate of drug-likeness (QED) is 0.228. The van der Waals surface area contributed by atoms with Crippen molar-refractivity contribution in [1.29, 1.82) is 0 Å². The Kier molecular flexibility index (Phi) is 8.09. The summed E-state index contributed by atoms with van der Waals surface area (Å²) < 4.78 is 10.7. The zero-order valence-corrected chi connectivity index (χ0v) is 22.7. The number of carbonyl (C=O) groups excluding carboxylic acids is 2. The van der Waals surface area contributed by atoms with Crippen LogP contribution in [-0.4, -0.2) is 41.2 Å². The first kappa shape index (κ1) is 28.4. The van der Waals surface area contributed by atoms with Gasteiger partial charge in [0.05, 0.1) is 18.3 Å². The molecule has 6 atom stereocenters. The summed E-state index contributed by atoms with van der Waals surface area (Å²) in [5.74, 6) is 1.45. The van der Waals surface area contributed by atoms with E-state index in [0.717, 1.165) is 31.6 Å². The van der Waals surface area contributed by atoms with Crippen molar-refractivity contribution in [2.45, 2.75) is 91.3 Å². The highest BCUT2D eigenvalue weighted by Crippen LogP contribution is 2.59. The third kappa shape index (κ3) is 6.55. The molecule has 0 bridgehead atoms. The van der Waals surface area contributed by atoms with Crippen molar-refractivity contribution in [3.8, 4) is 0 Å². The molecule has 2 saturated carbocycles. The molecule has 0 heterocycles. The maximum Gasteiger partial charge on any atom is 0.307 e. The van der Waals surface area contributed by atoms with Crippen molar-refractivity contribution in [2.75, 3.05) is 13.1 Å². The topological polar surface area (TPSA) is 122 Å². The first-order chi connectivity index (χ1) is 16.6. The van der Waals surface area contributed by atoms with Crippen molar-refractivity contribution in [1.82, 2.24) is 0 Å². The van der Waals surface area contributed by atoms with E-state index in [1.165, 1.54) is 0 Å². The van der Waals surface area contributed by atoms with E-state index in [1.54, 1.807) is 0 Å². The molecule has 0 aromatic heterocycles. The van der Waals surface area contributed by atoms with E-state index >= 15 is 0 Å². The van der Waals surface area contributed by atoms with Crippen LogP contribution in [0.1, 0.15) is 80.1 Å². The van der Waals surface area contributed by atoms with Crippen molar-refractivity contribution in [3.05, 3.63) is 34.4 Å². The van der Waals surface area contributed by atoms with Gasteiger partial charge in [-0.15, -0.1) is 0 Å². The third-order valence-electron chi connectivity index (χ3n) is 8.02. The van der Waals surface area contributed by atoms with Gasteiger partial charge in [0.2, 0.25) is 6.54 Å². The number of rotatable bonds is 7. The Morgan fingerprint density at radius 2 is 1.31 bits per heavy atom. The molecule has 4 rings (SSSR count). The van der Waals surface area contributed by atoms with Crippen LogP contribution in [0.3, 0.4) is 0 Å². The normalized spacial score (nSPS) is 33.9. The molecule has 0 aliphatic heterocycles. The molecule has 4 aliphatic rings. The highest BCUT2D eigenvalue weighted by atomic mass is 16.6. The summed E-state index contributed by atoms with van der Waals surface area (Å²) in [7, 11) is 0. The van der Waals surface area contributed by atoms with Gasteiger partial charge in [0.1, 0.15) is 11.2 Å². The molecule has 0 spiro atoms. The van der Waals surface area contributed by atoms with Gasteiger partial charge in [-0.25, -0.2) is 0 Å². The summed E-state index contributed by atoms with van der Waals surface area (Å²) in [5, 5.41) is 10.9. The summed E-state index contributed by atoms with van der Waals surface area (Å²) in [6.07, 6.45) is 13.2. The lowest BCUT2D eigenvalue weighted by Gasteiger charge is -2.51. The van der Waals surface area contributed by atoms with Crippen LogP contribution in [0.2, 0.25) is 0 Å². The maximum absolute atomic E-state index is 12.0. The molecule has 8 heteroatoms. The second kappa shape index (κ2) is 10.3. The van der Waals surface area contributed by atoms with Gasteiger partial charge in [-0.1, -0.05) is 24.3 Å². The van der Waals surface area contributed by atoms with Gasteiger partial charge < -0.3 is 15.2 Å². The Labute approximate surface area is 215 Å². The monoisotopic (exact) mass is 504 g/mol. The van der Waals surface area contributed by atoms with Crippen LogP contribution in [0.25, 0.3) is 0 Å². The van der Waals surface area contributed by atoms with Gasteiger partial charge in [-0.05, 0) is 103 Å². The molecule has 8 nitrogen and oxygen atoms in total. The van der Waals surface area contributed by atoms with Gasteiger partial charge in [0.25, 0.3) is 0 Å². The fourth-order valence-electron chi connectivity index (χ4n) is 6.72. The predicted octanol–water partition coefficient (Wildman–Crippen LogP) is 4.84. The Bertz CT molecular complexity index is 914. The molecular formula is C28H44N2O6. The summed E-state index contributed by atoms with van der Waals surface area (Å²) >= 11 is 0. The average molecular weight is 505 g/mol. The third-order valence-corrected chi connectivity index (χ3v) is 8.02. The SMILES string of the molecule is CC(C)(C)OC(=O)CC1(CN)CC2CC=CC21.CC(C)(C)OC(=O)CC1(C[N+](=O)[O-])CC2CC=CC21. The number of nitrogens with zero attached hydrogens (tertiary/aromatic N) is 1.